The van der Waals surface area contributed by atoms with Crippen LogP contribution in [0.15, 0.2) is 15.0 Å². The molecule has 2 nitrogen and oxygen atoms in total. The molecule has 0 bridgehead atoms. The zero-order valence-electron chi connectivity index (χ0n) is 8.76. The van der Waals surface area contributed by atoms with Gasteiger partial charge in [-0.15, -0.1) is 0 Å². The summed E-state index contributed by atoms with van der Waals surface area (Å²) in [6, 6.07) is 2.08. The molecule has 0 amide bonds. The summed E-state index contributed by atoms with van der Waals surface area (Å²) in [4.78, 5) is 0. The molecule has 3 heteroatoms. The smallest absolute Gasteiger partial charge is 0.125 e. The van der Waals surface area contributed by atoms with Gasteiger partial charge < -0.3 is 10.2 Å². The Balaban J connectivity index is 1.91. The van der Waals surface area contributed by atoms with Crippen molar-refractivity contribution in [3.8, 4) is 0 Å². The summed E-state index contributed by atoms with van der Waals surface area (Å²) in [5, 5.41) is 0. The summed E-state index contributed by atoms with van der Waals surface area (Å²) < 4.78 is 7.08. The molecule has 15 heavy (non-hydrogen) atoms. The SMILES string of the molecule is NC1(c2cc(Br)c(C3CCCC3)o2)CC1. The van der Waals surface area contributed by atoms with Crippen molar-refractivity contribution in [1.29, 1.82) is 0 Å². The van der Waals surface area contributed by atoms with Crippen LogP contribution in [0.3, 0.4) is 0 Å². The fraction of sp³-hybridized carbons (Fsp3) is 0.667. The molecule has 3 rings (SSSR count). The van der Waals surface area contributed by atoms with Crippen molar-refractivity contribution in [2.24, 2.45) is 5.73 Å². The molecule has 0 saturated heterocycles. The van der Waals surface area contributed by atoms with E-state index in [2.05, 4.69) is 22.0 Å². The van der Waals surface area contributed by atoms with Gasteiger partial charge in [0.05, 0.1) is 10.0 Å². The molecule has 0 aliphatic heterocycles. The van der Waals surface area contributed by atoms with Crippen molar-refractivity contribution in [2.75, 3.05) is 0 Å². The standard InChI is InChI=1S/C12H16BrNO/c13-9-7-10(12(14)5-6-12)15-11(9)8-3-1-2-4-8/h7-8H,1-6,14H2. The minimum atomic E-state index is -0.140. The lowest BCUT2D eigenvalue weighted by atomic mass is 10.1. The largest absolute Gasteiger partial charge is 0.463 e. The van der Waals surface area contributed by atoms with Crippen LogP contribution in [0, 0.1) is 0 Å². The molecule has 82 valence electrons. The van der Waals surface area contributed by atoms with E-state index in [0.717, 1.165) is 28.8 Å². The Labute approximate surface area is 98.3 Å². The number of rotatable bonds is 2. The third-order valence-electron chi connectivity index (χ3n) is 3.72. The van der Waals surface area contributed by atoms with Gasteiger partial charge in [-0.25, -0.2) is 0 Å². The molecule has 2 aliphatic rings. The highest BCUT2D eigenvalue weighted by atomic mass is 79.9. The summed E-state index contributed by atoms with van der Waals surface area (Å²) >= 11 is 3.60. The Morgan fingerprint density at radius 3 is 2.60 bits per heavy atom. The molecule has 2 saturated carbocycles. The maximum atomic E-state index is 6.13. The molecule has 2 fully saturated rings. The summed E-state index contributed by atoms with van der Waals surface area (Å²) in [5.41, 5.74) is 5.99. The molecule has 0 unspecified atom stereocenters. The van der Waals surface area contributed by atoms with Gasteiger partial charge in [0.25, 0.3) is 0 Å². The number of hydrogen-bond donors (Lipinski definition) is 1. The fourth-order valence-corrected chi connectivity index (χ4v) is 3.09. The Morgan fingerprint density at radius 2 is 2.00 bits per heavy atom. The average Bonchev–Trinajstić information content (AvgIpc) is 2.71. The van der Waals surface area contributed by atoms with Gasteiger partial charge in [0.1, 0.15) is 11.5 Å². The first kappa shape index (κ1) is 9.91. The van der Waals surface area contributed by atoms with Crippen molar-refractivity contribution < 1.29 is 4.42 Å². The topological polar surface area (TPSA) is 39.2 Å². The molecule has 0 radical (unpaired) electrons. The van der Waals surface area contributed by atoms with Gasteiger partial charge >= 0.3 is 0 Å². The lowest BCUT2D eigenvalue weighted by Gasteiger charge is -2.07. The molecule has 1 heterocycles. The van der Waals surface area contributed by atoms with Crippen LogP contribution in [0.5, 0.6) is 0 Å². The van der Waals surface area contributed by atoms with Crippen molar-refractivity contribution in [3.05, 3.63) is 22.1 Å². The number of hydrogen-bond acceptors (Lipinski definition) is 2. The first-order valence-corrected chi connectivity index (χ1v) is 6.57. The average molecular weight is 270 g/mol. The van der Waals surface area contributed by atoms with Crippen molar-refractivity contribution >= 4 is 15.9 Å². The molecular weight excluding hydrogens is 254 g/mol. The van der Waals surface area contributed by atoms with Crippen LogP contribution in [0.2, 0.25) is 0 Å². The van der Waals surface area contributed by atoms with Gasteiger partial charge in [0, 0.05) is 5.92 Å². The second-order valence-corrected chi connectivity index (χ2v) is 5.81. The van der Waals surface area contributed by atoms with Crippen molar-refractivity contribution in [3.63, 3.8) is 0 Å². The van der Waals surface area contributed by atoms with E-state index >= 15 is 0 Å². The molecule has 2 N–H and O–H groups in total. The van der Waals surface area contributed by atoms with E-state index in [1.807, 2.05) is 0 Å². The van der Waals surface area contributed by atoms with Crippen molar-refractivity contribution in [2.45, 2.75) is 50.0 Å². The van der Waals surface area contributed by atoms with Crippen LogP contribution < -0.4 is 5.73 Å². The zero-order valence-corrected chi connectivity index (χ0v) is 10.3. The Kier molecular flexibility index (Phi) is 2.22. The normalized spacial score (nSPS) is 24.7. The lowest BCUT2D eigenvalue weighted by molar-refractivity contribution is 0.399. The third kappa shape index (κ3) is 1.66. The van der Waals surface area contributed by atoms with Crippen LogP contribution in [-0.2, 0) is 5.54 Å². The third-order valence-corrected chi connectivity index (χ3v) is 4.34. The molecule has 0 spiro atoms. The monoisotopic (exact) mass is 269 g/mol. The molecule has 2 aliphatic carbocycles. The zero-order chi connectivity index (χ0) is 10.5. The molecule has 0 aromatic carbocycles. The van der Waals surface area contributed by atoms with Gasteiger partial charge in [-0.1, -0.05) is 12.8 Å². The minimum Gasteiger partial charge on any atom is -0.463 e. The maximum Gasteiger partial charge on any atom is 0.125 e. The van der Waals surface area contributed by atoms with E-state index in [9.17, 15) is 0 Å². The Bertz CT molecular complexity index is 375. The van der Waals surface area contributed by atoms with E-state index in [1.165, 1.54) is 25.7 Å². The number of halogens is 1. The van der Waals surface area contributed by atoms with E-state index in [-0.39, 0.29) is 5.54 Å². The second kappa shape index (κ2) is 3.36. The quantitative estimate of drug-likeness (QED) is 0.890. The van der Waals surface area contributed by atoms with E-state index in [0.29, 0.717) is 5.92 Å². The van der Waals surface area contributed by atoms with Gasteiger partial charge in [-0.3, -0.25) is 0 Å². The summed E-state index contributed by atoms with van der Waals surface area (Å²) in [6.07, 6.45) is 7.34. The summed E-state index contributed by atoms with van der Waals surface area (Å²) in [6.45, 7) is 0. The molecular formula is C12H16BrNO. The van der Waals surface area contributed by atoms with E-state index in [1.54, 1.807) is 0 Å². The highest BCUT2D eigenvalue weighted by Gasteiger charge is 2.44. The predicted octanol–water partition coefficient (Wildman–Crippen LogP) is 3.65. The lowest BCUT2D eigenvalue weighted by Crippen LogP contribution is -2.17. The molecule has 1 aromatic rings. The Morgan fingerprint density at radius 1 is 1.33 bits per heavy atom. The van der Waals surface area contributed by atoms with Crippen LogP contribution in [0.25, 0.3) is 0 Å². The van der Waals surface area contributed by atoms with Crippen molar-refractivity contribution in [1.82, 2.24) is 0 Å². The van der Waals surface area contributed by atoms with Gasteiger partial charge in [0.2, 0.25) is 0 Å². The van der Waals surface area contributed by atoms with Gasteiger partial charge in [0.15, 0.2) is 0 Å². The van der Waals surface area contributed by atoms with E-state index < -0.39 is 0 Å². The van der Waals surface area contributed by atoms with E-state index in [4.69, 9.17) is 10.2 Å². The van der Waals surface area contributed by atoms with Gasteiger partial charge in [-0.2, -0.15) is 0 Å². The number of furan rings is 1. The first-order chi connectivity index (χ1) is 7.19. The van der Waals surface area contributed by atoms with Gasteiger partial charge in [-0.05, 0) is 47.7 Å². The van der Waals surface area contributed by atoms with Crippen LogP contribution in [0.1, 0.15) is 56.0 Å². The summed E-state index contributed by atoms with van der Waals surface area (Å²) in [5.74, 6) is 2.74. The fourth-order valence-electron chi connectivity index (χ4n) is 2.48. The maximum absolute atomic E-state index is 6.13. The number of nitrogens with two attached hydrogens (primary N) is 1. The highest BCUT2D eigenvalue weighted by Crippen LogP contribution is 2.47. The minimum absolute atomic E-state index is 0.140. The molecule has 0 atom stereocenters. The second-order valence-electron chi connectivity index (χ2n) is 4.96. The first-order valence-electron chi connectivity index (χ1n) is 5.78. The summed E-state index contributed by atoms with van der Waals surface area (Å²) in [7, 11) is 0. The molecule has 1 aromatic heterocycles. The predicted molar refractivity (Wildman–Crippen MR) is 62.7 cm³/mol. The van der Waals surface area contributed by atoms with Crippen LogP contribution >= 0.6 is 15.9 Å². The Hall–Kier alpha value is -0.280. The highest BCUT2D eigenvalue weighted by molar-refractivity contribution is 9.10. The van der Waals surface area contributed by atoms with Crippen LogP contribution in [0.4, 0.5) is 0 Å². The van der Waals surface area contributed by atoms with Crippen LogP contribution in [-0.4, -0.2) is 0 Å².